The molecule has 0 unspecified atom stereocenters. The molecule has 0 aromatic heterocycles. The molecule has 5 heteroatoms. The van der Waals surface area contributed by atoms with E-state index in [1.165, 1.54) is 24.0 Å². The number of imide groups is 1. The van der Waals surface area contributed by atoms with Crippen molar-refractivity contribution in [3.8, 4) is 0 Å². The summed E-state index contributed by atoms with van der Waals surface area (Å²) in [7, 11) is 0. The zero-order chi connectivity index (χ0) is 19.0. The Labute approximate surface area is 158 Å². The number of hydrogen-bond donors (Lipinski definition) is 1. The molecule has 1 N–H and O–H groups in total. The summed E-state index contributed by atoms with van der Waals surface area (Å²) in [5, 5.41) is 2.91. The fourth-order valence-electron chi connectivity index (χ4n) is 3.92. The molecule has 138 valence electrons. The number of aryl methyl sites for hydroxylation is 2. The smallest absolute Gasteiger partial charge is 0.262 e. The van der Waals surface area contributed by atoms with E-state index >= 15 is 0 Å². The van der Waals surface area contributed by atoms with Crippen LogP contribution in [0.4, 0.5) is 0 Å². The van der Waals surface area contributed by atoms with Gasteiger partial charge < -0.3 is 5.32 Å². The van der Waals surface area contributed by atoms with Gasteiger partial charge in [0.15, 0.2) is 0 Å². The minimum Gasteiger partial charge on any atom is -0.348 e. The van der Waals surface area contributed by atoms with E-state index in [1.807, 2.05) is 6.92 Å². The highest BCUT2D eigenvalue weighted by atomic mass is 16.2. The van der Waals surface area contributed by atoms with E-state index in [0.29, 0.717) is 11.1 Å². The van der Waals surface area contributed by atoms with Crippen LogP contribution >= 0.6 is 0 Å². The van der Waals surface area contributed by atoms with Crippen molar-refractivity contribution >= 4 is 17.7 Å². The molecule has 4 rings (SSSR count). The number of nitrogens with zero attached hydrogens (tertiary/aromatic N) is 1. The number of benzene rings is 2. The Morgan fingerprint density at radius 3 is 2.30 bits per heavy atom. The molecule has 0 fully saturated rings. The quantitative estimate of drug-likeness (QED) is 0.850. The van der Waals surface area contributed by atoms with Crippen molar-refractivity contribution in [3.05, 3.63) is 70.3 Å². The van der Waals surface area contributed by atoms with E-state index in [9.17, 15) is 14.4 Å². The summed E-state index contributed by atoms with van der Waals surface area (Å²) in [5.41, 5.74) is 4.53. The molecule has 0 radical (unpaired) electrons. The molecule has 2 aliphatic rings. The fourth-order valence-corrected chi connectivity index (χ4v) is 3.92. The largest absolute Gasteiger partial charge is 0.348 e. The molecular weight excluding hydrogens is 340 g/mol. The average molecular weight is 362 g/mol. The summed E-state index contributed by atoms with van der Waals surface area (Å²) in [6.07, 6.45) is 4.64. The third-order valence-corrected chi connectivity index (χ3v) is 5.43. The maximum Gasteiger partial charge on any atom is 0.262 e. The normalized spacial score (nSPS) is 16.7. The summed E-state index contributed by atoms with van der Waals surface area (Å²) < 4.78 is 0. The number of carbonyl (C=O) groups excluding carboxylic acids is 3. The molecule has 0 spiro atoms. The molecule has 0 bridgehead atoms. The van der Waals surface area contributed by atoms with Crippen molar-refractivity contribution in [2.24, 2.45) is 0 Å². The van der Waals surface area contributed by atoms with Gasteiger partial charge in [-0.1, -0.05) is 30.3 Å². The van der Waals surface area contributed by atoms with Crippen LogP contribution < -0.4 is 5.32 Å². The molecule has 1 heterocycles. The fraction of sp³-hybridized carbons (Fsp3) is 0.318. The van der Waals surface area contributed by atoms with Crippen LogP contribution in [0.3, 0.4) is 0 Å². The van der Waals surface area contributed by atoms with Gasteiger partial charge in [-0.3, -0.25) is 19.3 Å². The van der Waals surface area contributed by atoms with Crippen molar-refractivity contribution in [1.29, 1.82) is 0 Å². The van der Waals surface area contributed by atoms with Crippen LogP contribution in [0.1, 0.15) is 63.2 Å². The third-order valence-electron chi connectivity index (χ3n) is 5.43. The monoisotopic (exact) mass is 362 g/mol. The molecule has 0 saturated heterocycles. The van der Waals surface area contributed by atoms with Gasteiger partial charge >= 0.3 is 0 Å². The van der Waals surface area contributed by atoms with Gasteiger partial charge in [0.2, 0.25) is 5.91 Å². The van der Waals surface area contributed by atoms with E-state index in [-0.39, 0.29) is 18.5 Å². The molecule has 2 aromatic carbocycles. The molecule has 27 heavy (non-hydrogen) atoms. The van der Waals surface area contributed by atoms with Crippen LogP contribution in [0.2, 0.25) is 0 Å². The van der Waals surface area contributed by atoms with Crippen LogP contribution in [0.25, 0.3) is 0 Å². The van der Waals surface area contributed by atoms with E-state index in [1.54, 1.807) is 24.3 Å². The van der Waals surface area contributed by atoms with Gasteiger partial charge in [-0.15, -0.1) is 0 Å². The average Bonchev–Trinajstić information content (AvgIpc) is 2.92. The first-order valence-electron chi connectivity index (χ1n) is 9.41. The van der Waals surface area contributed by atoms with E-state index in [4.69, 9.17) is 0 Å². The molecular formula is C22H22N2O3. The predicted molar refractivity (Wildman–Crippen MR) is 101 cm³/mol. The van der Waals surface area contributed by atoms with Crippen LogP contribution in [0.5, 0.6) is 0 Å². The van der Waals surface area contributed by atoms with Gasteiger partial charge in [-0.2, -0.15) is 0 Å². The number of amides is 3. The lowest BCUT2D eigenvalue weighted by molar-refractivity contribution is -0.122. The molecule has 5 nitrogen and oxygen atoms in total. The molecule has 3 amide bonds. The molecule has 1 aliphatic heterocycles. The first-order chi connectivity index (χ1) is 13.0. The van der Waals surface area contributed by atoms with Crippen LogP contribution in [-0.2, 0) is 17.6 Å². The Bertz CT molecular complexity index is 900. The minimum absolute atomic E-state index is 0.181. The summed E-state index contributed by atoms with van der Waals surface area (Å²) in [6.45, 7) is 1.66. The second-order valence-corrected chi connectivity index (χ2v) is 7.27. The highest BCUT2D eigenvalue weighted by Crippen LogP contribution is 2.25. The summed E-state index contributed by atoms with van der Waals surface area (Å²) in [4.78, 5) is 38.2. The van der Waals surface area contributed by atoms with E-state index in [0.717, 1.165) is 23.3 Å². The summed E-state index contributed by atoms with van der Waals surface area (Å²) in [6, 6.07) is 12.8. The topological polar surface area (TPSA) is 66.5 Å². The second kappa shape index (κ2) is 6.99. The van der Waals surface area contributed by atoms with Gasteiger partial charge in [-0.25, -0.2) is 0 Å². The first kappa shape index (κ1) is 17.5. The minimum atomic E-state index is -0.410. The lowest BCUT2D eigenvalue weighted by Crippen LogP contribution is -2.41. The Hall–Kier alpha value is -2.95. The zero-order valence-corrected chi connectivity index (χ0v) is 15.3. The van der Waals surface area contributed by atoms with Crippen LogP contribution in [0, 0.1) is 0 Å². The lowest BCUT2D eigenvalue weighted by atomic mass is 9.89. The van der Waals surface area contributed by atoms with Crippen molar-refractivity contribution in [2.75, 3.05) is 6.54 Å². The van der Waals surface area contributed by atoms with Crippen molar-refractivity contribution in [2.45, 2.75) is 38.6 Å². The van der Waals surface area contributed by atoms with Gasteiger partial charge in [0.25, 0.3) is 11.8 Å². The number of carbonyl (C=O) groups is 3. The highest BCUT2D eigenvalue weighted by Gasteiger charge is 2.36. The van der Waals surface area contributed by atoms with Gasteiger partial charge in [-0.05, 0) is 61.4 Å². The summed E-state index contributed by atoms with van der Waals surface area (Å²) >= 11 is 0. The Kier molecular flexibility index (Phi) is 4.52. The number of fused-ring (bicyclic) bond motifs is 2. The Morgan fingerprint density at radius 2 is 1.63 bits per heavy atom. The van der Waals surface area contributed by atoms with Crippen molar-refractivity contribution < 1.29 is 14.4 Å². The second-order valence-electron chi connectivity index (χ2n) is 7.27. The number of hydrogen-bond acceptors (Lipinski definition) is 3. The van der Waals surface area contributed by atoms with Crippen LogP contribution in [0.15, 0.2) is 42.5 Å². The van der Waals surface area contributed by atoms with Gasteiger partial charge in [0.1, 0.15) is 6.54 Å². The Morgan fingerprint density at radius 1 is 1.00 bits per heavy atom. The first-order valence-corrected chi connectivity index (χ1v) is 9.41. The molecule has 0 saturated carbocycles. The highest BCUT2D eigenvalue weighted by molar-refractivity contribution is 6.22. The van der Waals surface area contributed by atoms with E-state index < -0.39 is 11.8 Å². The van der Waals surface area contributed by atoms with Gasteiger partial charge in [0, 0.05) is 0 Å². The lowest BCUT2D eigenvalue weighted by Gasteiger charge is -2.21. The van der Waals surface area contributed by atoms with Crippen molar-refractivity contribution in [3.63, 3.8) is 0 Å². The van der Waals surface area contributed by atoms with Crippen LogP contribution in [-0.4, -0.2) is 29.2 Å². The number of nitrogens with one attached hydrogen (secondary N) is 1. The SMILES string of the molecule is C[C@@H](NC(=O)CN1C(=O)c2ccccc2C1=O)c1ccc2c(c1)CCCC2. The Balaban J connectivity index is 1.43. The predicted octanol–water partition coefficient (Wildman–Crippen LogP) is 3.04. The standard InChI is InChI=1S/C22H22N2O3/c1-14(16-11-10-15-6-2-3-7-17(15)12-16)23-20(25)13-24-21(26)18-8-4-5-9-19(18)22(24)27/h4-5,8-12,14H,2-3,6-7,13H2,1H3,(H,23,25)/t14-/m1/s1. The summed E-state index contributed by atoms with van der Waals surface area (Å²) in [5.74, 6) is -1.16. The maximum absolute atomic E-state index is 12.5. The zero-order valence-electron chi connectivity index (χ0n) is 15.3. The molecule has 1 atom stereocenters. The van der Waals surface area contributed by atoms with E-state index in [2.05, 4.69) is 23.5 Å². The number of rotatable bonds is 4. The van der Waals surface area contributed by atoms with Crippen molar-refractivity contribution in [1.82, 2.24) is 10.2 Å². The molecule has 2 aromatic rings. The van der Waals surface area contributed by atoms with Gasteiger partial charge in [0.05, 0.1) is 17.2 Å². The third kappa shape index (κ3) is 3.25. The maximum atomic E-state index is 12.5. The molecule has 1 aliphatic carbocycles.